The fourth-order valence-electron chi connectivity index (χ4n) is 1.73. The number of hydrogen-bond donors (Lipinski definition) is 2. The molecule has 0 aromatic heterocycles. The Hall–Kier alpha value is -0.810. The molecular formula is C10H22N4O. The average molecular weight is 214 g/mol. The third kappa shape index (κ3) is 4.48. The second-order valence-corrected chi connectivity index (χ2v) is 4.42. The highest BCUT2D eigenvalue weighted by Crippen LogP contribution is 2.15. The number of aliphatic imine (C=N–C) groups is 1. The third-order valence-corrected chi connectivity index (χ3v) is 2.48. The Labute approximate surface area is 91.7 Å². The molecule has 1 rings (SSSR count). The largest absolute Gasteiger partial charge is 0.373 e. The molecule has 1 heterocycles. The summed E-state index contributed by atoms with van der Waals surface area (Å²) in [6, 6.07) is 0. The fraction of sp³-hybridized carbons (Fsp3) is 0.900. The van der Waals surface area contributed by atoms with Crippen molar-refractivity contribution in [2.24, 2.45) is 10.7 Å². The first-order chi connectivity index (χ1) is 7.03. The topological polar surface area (TPSA) is 62.9 Å². The molecule has 1 aliphatic rings. The van der Waals surface area contributed by atoms with Gasteiger partial charge in [-0.15, -0.1) is 0 Å². The van der Waals surface area contributed by atoms with Crippen LogP contribution in [0, 0.1) is 0 Å². The summed E-state index contributed by atoms with van der Waals surface area (Å²) < 4.78 is 5.63. The van der Waals surface area contributed by atoms with Crippen molar-refractivity contribution in [3.63, 3.8) is 0 Å². The van der Waals surface area contributed by atoms with Crippen LogP contribution in [0.3, 0.4) is 0 Å². The maximum atomic E-state index is 5.63. The van der Waals surface area contributed by atoms with E-state index in [2.05, 4.69) is 29.1 Å². The van der Waals surface area contributed by atoms with Crippen LogP contribution in [0.15, 0.2) is 4.99 Å². The molecule has 0 atom stereocenters. The minimum absolute atomic E-state index is 0.0252. The highest BCUT2D eigenvalue weighted by molar-refractivity contribution is 5.77. The first-order valence-electron chi connectivity index (χ1n) is 5.36. The Morgan fingerprint density at radius 1 is 1.60 bits per heavy atom. The molecule has 0 spiro atoms. The van der Waals surface area contributed by atoms with Gasteiger partial charge in [0.15, 0.2) is 5.96 Å². The van der Waals surface area contributed by atoms with E-state index in [1.165, 1.54) is 0 Å². The lowest BCUT2D eigenvalue weighted by atomic mass is 10.1. The van der Waals surface area contributed by atoms with Crippen LogP contribution in [-0.4, -0.2) is 56.3 Å². The number of nitrogens with zero attached hydrogens (tertiary/aromatic N) is 2. The maximum Gasteiger partial charge on any atom is 0.188 e. The van der Waals surface area contributed by atoms with E-state index in [0.717, 1.165) is 32.8 Å². The van der Waals surface area contributed by atoms with Crippen molar-refractivity contribution in [3.05, 3.63) is 0 Å². The van der Waals surface area contributed by atoms with Crippen molar-refractivity contribution in [1.29, 1.82) is 0 Å². The molecule has 1 saturated heterocycles. The molecule has 0 saturated carbocycles. The molecule has 0 unspecified atom stereocenters. The van der Waals surface area contributed by atoms with Gasteiger partial charge in [0.1, 0.15) is 0 Å². The van der Waals surface area contributed by atoms with E-state index < -0.39 is 0 Å². The summed E-state index contributed by atoms with van der Waals surface area (Å²) in [5.74, 6) is 0.502. The highest BCUT2D eigenvalue weighted by Gasteiger charge is 2.26. The summed E-state index contributed by atoms with van der Waals surface area (Å²) in [7, 11) is 1.68. The number of morpholine rings is 1. The maximum absolute atomic E-state index is 5.63. The van der Waals surface area contributed by atoms with Gasteiger partial charge in [0.05, 0.1) is 12.2 Å². The normalized spacial score (nSPS) is 22.7. The third-order valence-electron chi connectivity index (χ3n) is 2.48. The second-order valence-electron chi connectivity index (χ2n) is 4.42. The van der Waals surface area contributed by atoms with Gasteiger partial charge in [-0.3, -0.25) is 9.89 Å². The first kappa shape index (κ1) is 12.3. The minimum atomic E-state index is -0.0252. The molecule has 0 bridgehead atoms. The summed E-state index contributed by atoms with van der Waals surface area (Å²) in [6.07, 6.45) is 0. The van der Waals surface area contributed by atoms with Crippen LogP contribution in [0.2, 0.25) is 0 Å². The molecule has 5 nitrogen and oxygen atoms in total. The Kier molecular flexibility index (Phi) is 4.35. The fourth-order valence-corrected chi connectivity index (χ4v) is 1.73. The summed E-state index contributed by atoms with van der Waals surface area (Å²) in [4.78, 5) is 6.21. The van der Waals surface area contributed by atoms with E-state index in [1.807, 2.05) is 0 Å². The zero-order valence-corrected chi connectivity index (χ0v) is 9.92. The van der Waals surface area contributed by atoms with Gasteiger partial charge in [0.25, 0.3) is 0 Å². The predicted molar refractivity (Wildman–Crippen MR) is 62.0 cm³/mol. The van der Waals surface area contributed by atoms with Gasteiger partial charge < -0.3 is 15.8 Å². The molecule has 0 radical (unpaired) electrons. The quantitative estimate of drug-likeness (QED) is 0.497. The van der Waals surface area contributed by atoms with Crippen LogP contribution in [0.1, 0.15) is 13.8 Å². The van der Waals surface area contributed by atoms with E-state index in [9.17, 15) is 0 Å². The molecule has 0 aliphatic carbocycles. The van der Waals surface area contributed by atoms with Crippen molar-refractivity contribution >= 4 is 5.96 Å². The zero-order chi connectivity index (χ0) is 11.3. The molecule has 0 amide bonds. The lowest BCUT2D eigenvalue weighted by molar-refractivity contribution is -0.0852. The standard InChI is InChI=1S/C10H22N4O/c1-10(2)8-14(6-7-15-10)5-4-13-9(11)12-3/h4-8H2,1-3H3,(H3,11,12,13). The molecule has 0 aromatic rings. The molecule has 0 aromatic carbocycles. The first-order valence-corrected chi connectivity index (χ1v) is 5.36. The van der Waals surface area contributed by atoms with Gasteiger partial charge in [-0.25, -0.2) is 0 Å². The van der Waals surface area contributed by atoms with Gasteiger partial charge in [-0.1, -0.05) is 0 Å². The van der Waals surface area contributed by atoms with Crippen LogP contribution in [0.25, 0.3) is 0 Å². The van der Waals surface area contributed by atoms with Crippen molar-refractivity contribution < 1.29 is 4.74 Å². The Bertz CT molecular complexity index is 227. The van der Waals surface area contributed by atoms with Gasteiger partial charge in [0, 0.05) is 33.2 Å². The van der Waals surface area contributed by atoms with Crippen molar-refractivity contribution in [2.45, 2.75) is 19.4 Å². The van der Waals surface area contributed by atoms with E-state index >= 15 is 0 Å². The van der Waals surface area contributed by atoms with Crippen LogP contribution in [0.5, 0.6) is 0 Å². The van der Waals surface area contributed by atoms with Crippen LogP contribution in [-0.2, 0) is 4.74 Å². The molecule has 1 fully saturated rings. The number of guanidine groups is 1. The zero-order valence-electron chi connectivity index (χ0n) is 9.92. The molecule has 88 valence electrons. The van der Waals surface area contributed by atoms with Crippen LogP contribution < -0.4 is 11.1 Å². The molecule has 1 aliphatic heterocycles. The number of ether oxygens (including phenoxy) is 1. The monoisotopic (exact) mass is 214 g/mol. The van der Waals surface area contributed by atoms with Crippen LogP contribution in [0.4, 0.5) is 0 Å². The number of rotatable bonds is 3. The minimum Gasteiger partial charge on any atom is -0.373 e. The van der Waals surface area contributed by atoms with Gasteiger partial charge in [0.2, 0.25) is 0 Å². The highest BCUT2D eigenvalue weighted by atomic mass is 16.5. The summed E-state index contributed by atoms with van der Waals surface area (Å²) in [6.45, 7) is 8.82. The predicted octanol–water partition coefficient (Wildman–Crippen LogP) is -0.369. The number of nitrogens with two attached hydrogens (primary N) is 1. The molecule has 5 heteroatoms. The Morgan fingerprint density at radius 3 is 2.93 bits per heavy atom. The lowest BCUT2D eigenvalue weighted by Crippen LogP contribution is -2.50. The summed E-state index contributed by atoms with van der Waals surface area (Å²) in [5.41, 5.74) is 5.51. The van der Waals surface area contributed by atoms with E-state index in [0.29, 0.717) is 5.96 Å². The van der Waals surface area contributed by atoms with Crippen molar-refractivity contribution in [1.82, 2.24) is 10.2 Å². The summed E-state index contributed by atoms with van der Waals surface area (Å²) in [5, 5.41) is 3.05. The van der Waals surface area contributed by atoms with E-state index in [1.54, 1.807) is 7.05 Å². The van der Waals surface area contributed by atoms with E-state index in [-0.39, 0.29) is 5.60 Å². The molecule has 3 N–H and O–H groups in total. The smallest absolute Gasteiger partial charge is 0.188 e. The van der Waals surface area contributed by atoms with Crippen LogP contribution >= 0.6 is 0 Å². The summed E-state index contributed by atoms with van der Waals surface area (Å²) >= 11 is 0. The average Bonchev–Trinajstić information content (AvgIpc) is 2.16. The van der Waals surface area contributed by atoms with Crippen molar-refractivity contribution in [3.8, 4) is 0 Å². The number of nitrogens with one attached hydrogen (secondary N) is 1. The Morgan fingerprint density at radius 2 is 2.33 bits per heavy atom. The van der Waals surface area contributed by atoms with Gasteiger partial charge >= 0.3 is 0 Å². The Balaban J connectivity index is 2.21. The number of hydrogen-bond acceptors (Lipinski definition) is 3. The second kappa shape index (κ2) is 5.32. The van der Waals surface area contributed by atoms with Gasteiger partial charge in [-0.2, -0.15) is 0 Å². The SMILES string of the molecule is CN=C(N)NCCN1CCOC(C)(C)C1. The van der Waals surface area contributed by atoms with E-state index in [4.69, 9.17) is 10.5 Å². The van der Waals surface area contributed by atoms with Gasteiger partial charge in [-0.05, 0) is 13.8 Å². The molecular weight excluding hydrogens is 192 g/mol. The lowest BCUT2D eigenvalue weighted by Gasteiger charge is -2.38. The molecule has 15 heavy (non-hydrogen) atoms. The van der Waals surface area contributed by atoms with Crippen molar-refractivity contribution in [2.75, 3.05) is 39.8 Å².